The Morgan fingerprint density at radius 3 is 2.07 bits per heavy atom. The van der Waals surface area contributed by atoms with E-state index in [4.69, 9.17) is 4.74 Å². The van der Waals surface area contributed by atoms with Crippen molar-refractivity contribution in [2.45, 2.75) is 116 Å². The Bertz CT molecular complexity index is 1120. The van der Waals surface area contributed by atoms with Gasteiger partial charge in [-0.2, -0.15) is 0 Å². The maximum Gasteiger partial charge on any atom is 0.314 e. The molecule has 0 spiro atoms. The minimum absolute atomic E-state index is 0.0412. The lowest BCUT2D eigenvalue weighted by molar-refractivity contribution is -0.139. The van der Waals surface area contributed by atoms with Crippen molar-refractivity contribution in [3.63, 3.8) is 0 Å². The van der Waals surface area contributed by atoms with E-state index in [-0.39, 0.29) is 11.9 Å². The topological polar surface area (TPSA) is 26.3 Å². The highest BCUT2D eigenvalue weighted by Gasteiger charge is 2.23. The third kappa shape index (κ3) is 10.2. The Morgan fingerprint density at radius 2 is 1.39 bits per heavy atom. The lowest BCUT2D eigenvalue weighted by atomic mass is 9.77. The van der Waals surface area contributed by atoms with Crippen LogP contribution in [0.5, 0.6) is 5.75 Å². The minimum atomic E-state index is -0.0709. The van der Waals surface area contributed by atoms with E-state index in [0.717, 1.165) is 38.0 Å². The number of aryl methyl sites for hydroxylation is 1. The van der Waals surface area contributed by atoms with Crippen LogP contribution in [-0.2, 0) is 11.2 Å². The minimum Gasteiger partial charge on any atom is -0.426 e. The molecule has 0 amide bonds. The second-order valence-electron chi connectivity index (χ2n) is 12.4. The normalized spacial score (nSPS) is 17.7. The SMILES string of the molecule is CCCCCCC[C@H]1CC[C@H](c2ccc(OC(=O)C(CCC)CCCc3ccc(-c4ccccc4)cc3)cc2)CC1. The molecule has 2 heteroatoms. The van der Waals surface area contributed by atoms with Gasteiger partial charge in [-0.3, -0.25) is 4.79 Å². The molecule has 1 aliphatic carbocycles. The van der Waals surface area contributed by atoms with Gasteiger partial charge >= 0.3 is 5.97 Å². The molecule has 0 radical (unpaired) electrons. The number of ether oxygens (including phenoxy) is 1. The van der Waals surface area contributed by atoms with Crippen molar-refractivity contribution in [3.05, 3.63) is 90.0 Å². The molecule has 0 aromatic heterocycles. The summed E-state index contributed by atoms with van der Waals surface area (Å²) in [5, 5.41) is 0. The van der Waals surface area contributed by atoms with Gasteiger partial charge in [0.15, 0.2) is 0 Å². The van der Waals surface area contributed by atoms with Gasteiger partial charge in [-0.25, -0.2) is 0 Å². The number of hydrogen-bond donors (Lipinski definition) is 0. The summed E-state index contributed by atoms with van der Waals surface area (Å²) in [4.78, 5) is 13.1. The number of esters is 1. The standard InChI is InChI=1S/C39H52O2/c1-3-5-6-7-9-14-31-19-25-35(26-20-31)36-27-29-38(30-28-36)41-39(40)37(13-4-2)18-12-15-32-21-23-34(24-22-32)33-16-10-8-11-17-33/h8,10-11,16-17,21-24,27-31,35,37H,3-7,9,12-15,18-20,25-26H2,1-2H3/t31-,35-,37?. The third-order valence-electron chi connectivity index (χ3n) is 9.18. The van der Waals surface area contributed by atoms with E-state index < -0.39 is 0 Å². The number of carbonyl (C=O) groups is 1. The van der Waals surface area contributed by atoms with Crippen LogP contribution in [0.25, 0.3) is 11.1 Å². The zero-order valence-electron chi connectivity index (χ0n) is 25.7. The molecule has 1 atom stereocenters. The quantitative estimate of drug-likeness (QED) is 0.100. The predicted octanol–water partition coefficient (Wildman–Crippen LogP) is 11.3. The van der Waals surface area contributed by atoms with Crippen LogP contribution in [0.15, 0.2) is 78.9 Å². The summed E-state index contributed by atoms with van der Waals surface area (Å²) in [5.41, 5.74) is 5.22. The molecule has 1 aliphatic rings. The van der Waals surface area contributed by atoms with E-state index in [1.54, 1.807) is 0 Å². The highest BCUT2D eigenvalue weighted by Crippen LogP contribution is 2.38. The summed E-state index contributed by atoms with van der Waals surface area (Å²) < 4.78 is 5.89. The van der Waals surface area contributed by atoms with Crippen molar-refractivity contribution < 1.29 is 9.53 Å². The molecule has 3 aromatic rings. The molecule has 1 fully saturated rings. The molecule has 0 saturated heterocycles. The van der Waals surface area contributed by atoms with Gasteiger partial charge < -0.3 is 4.74 Å². The molecule has 4 rings (SSSR count). The fourth-order valence-corrected chi connectivity index (χ4v) is 6.60. The Kier molecular flexibility index (Phi) is 13.0. The first-order chi connectivity index (χ1) is 20.2. The summed E-state index contributed by atoms with van der Waals surface area (Å²) in [6, 6.07) is 27.8. The van der Waals surface area contributed by atoms with Crippen molar-refractivity contribution >= 4 is 5.97 Å². The first-order valence-corrected chi connectivity index (χ1v) is 16.6. The first kappa shape index (κ1) is 31.1. The van der Waals surface area contributed by atoms with Crippen molar-refractivity contribution in [3.8, 4) is 16.9 Å². The molecule has 0 bridgehead atoms. The lowest BCUT2D eigenvalue weighted by Crippen LogP contribution is -2.21. The van der Waals surface area contributed by atoms with Crippen LogP contribution in [0.1, 0.15) is 121 Å². The van der Waals surface area contributed by atoms with Gasteiger partial charge in [0, 0.05) is 0 Å². The molecular formula is C39H52O2. The van der Waals surface area contributed by atoms with Gasteiger partial charge in [0.2, 0.25) is 0 Å². The van der Waals surface area contributed by atoms with E-state index in [0.29, 0.717) is 11.7 Å². The highest BCUT2D eigenvalue weighted by atomic mass is 16.5. The Labute approximate surface area is 249 Å². The Morgan fingerprint density at radius 1 is 0.707 bits per heavy atom. The molecule has 2 nitrogen and oxygen atoms in total. The zero-order valence-corrected chi connectivity index (χ0v) is 25.7. The molecule has 0 aliphatic heterocycles. The van der Waals surface area contributed by atoms with Crippen LogP contribution in [0, 0.1) is 11.8 Å². The second kappa shape index (κ2) is 17.2. The number of benzene rings is 3. The molecule has 1 saturated carbocycles. The molecule has 41 heavy (non-hydrogen) atoms. The van der Waals surface area contributed by atoms with Crippen LogP contribution in [0.4, 0.5) is 0 Å². The van der Waals surface area contributed by atoms with Crippen LogP contribution >= 0.6 is 0 Å². The summed E-state index contributed by atoms with van der Waals surface area (Å²) in [7, 11) is 0. The fourth-order valence-electron chi connectivity index (χ4n) is 6.60. The highest BCUT2D eigenvalue weighted by molar-refractivity contribution is 5.75. The third-order valence-corrected chi connectivity index (χ3v) is 9.18. The molecule has 220 valence electrons. The average Bonchev–Trinajstić information content (AvgIpc) is 3.02. The lowest BCUT2D eigenvalue weighted by Gasteiger charge is -2.29. The molecule has 0 heterocycles. The van der Waals surface area contributed by atoms with Crippen LogP contribution in [-0.4, -0.2) is 5.97 Å². The van der Waals surface area contributed by atoms with Crippen LogP contribution < -0.4 is 4.74 Å². The molecule has 1 unspecified atom stereocenters. The van der Waals surface area contributed by atoms with Gasteiger partial charge in [0.05, 0.1) is 5.92 Å². The van der Waals surface area contributed by atoms with Crippen molar-refractivity contribution in [1.29, 1.82) is 0 Å². The van der Waals surface area contributed by atoms with Gasteiger partial charge in [-0.05, 0) is 97.6 Å². The van der Waals surface area contributed by atoms with E-state index in [1.807, 2.05) is 18.2 Å². The van der Waals surface area contributed by atoms with Crippen molar-refractivity contribution in [2.75, 3.05) is 0 Å². The van der Waals surface area contributed by atoms with E-state index in [9.17, 15) is 4.79 Å². The maximum absolute atomic E-state index is 13.1. The van der Waals surface area contributed by atoms with Crippen LogP contribution in [0.2, 0.25) is 0 Å². The maximum atomic E-state index is 13.1. The van der Waals surface area contributed by atoms with E-state index in [2.05, 4.69) is 74.5 Å². The molecular weight excluding hydrogens is 500 g/mol. The summed E-state index contributed by atoms with van der Waals surface area (Å²) >= 11 is 0. The second-order valence-corrected chi connectivity index (χ2v) is 12.4. The van der Waals surface area contributed by atoms with E-state index in [1.165, 1.54) is 86.5 Å². The van der Waals surface area contributed by atoms with Gasteiger partial charge in [0.1, 0.15) is 5.75 Å². The zero-order chi connectivity index (χ0) is 28.7. The Balaban J connectivity index is 1.19. The molecule has 0 N–H and O–H groups in total. The largest absolute Gasteiger partial charge is 0.426 e. The van der Waals surface area contributed by atoms with Crippen molar-refractivity contribution in [2.24, 2.45) is 11.8 Å². The average molecular weight is 553 g/mol. The van der Waals surface area contributed by atoms with Crippen LogP contribution in [0.3, 0.4) is 0 Å². The van der Waals surface area contributed by atoms with Crippen molar-refractivity contribution in [1.82, 2.24) is 0 Å². The molecule has 3 aromatic carbocycles. The van der Waals surface area contributed by atoms with Gasteiger partial charge in [-0.15, -0.1) is 0 Å². The van der Waals surface area contributed by atoms with E-state index >= 15 is 0 Å². The number of hydrogen-bond acceptors (Lipinski definition) is 2. The first-order valence-electron chi connectivity index (χ1n) is 16.6. The summed E-state index contributed by atoms with van der Waals surface area (Å²) in [6.45, 7) is 4.44. The summed E-state index contributed by atoms with van der Waals surface area (Å²) in [5.74, 6) is 2.17. The van der Waals surface area contributed by atoms with Gasteiger partial charge in [0.25, 0.3) is 0 Å². The number of carbonyl (C=O) groups excluding carboxylic acids is 1. The monoisotopic (exact) mass is 552 g/mol. The Hall–Kier alpha value is -2.87. The fraction of sp³-hybridized carbons (Fsp3) is 0.513. The number of rotatable bonds is 16. The number of unbranched alkanes of at least 4 members (excludes halogenated alkanes) is 4. The smallest absolute Gasteiger partial charge is 0.314 e. The summed E-state index contributed by atoms with van der Waals surface area (Å²) in [6.07, 6.45) is 18.4. The van der Waals surface area contributed by atoms with Gasteiger partial charge in [-0.1, -0.05) is 126 Å². The predicted molar refractivity (Wildman–Crippen MR) is 173 cm³/mol.